The SMILES string of the molecule is CC(C)[Si](OC(=O)CCC(=O)O)(C(C)C)C(C)C. The van der Waals surface area contributed by atoms with E-state index in [4.69, 9.17) is 9.53 Å². The normalized spacial score (nSPS) is 12.3. The van der Waals surface area contributed by atoms with Gasteiger partial charge in [-0.05, 0) is 16.6 Å². The fourth-order valence-electron chi connectivity index (χ4n) is 2.81. The molecule has 0 fully saturated rings. The molecule has 0 aromatic rings. The van der Waals surface area contributed by atoms with E-state index < -0.39 is 14.3 Å². The summed E-state index contributed by atoms with van der Waals surface area (Å²) in [6, 6.07) is 0. The second-order valence-corrected chi connectivity index (χ2v) is 11.1. The van der Waals surface area contributed by atoms with Crippen LogP contribution >= 0.6 is 0 Å². The number of hydrogen-bond acceptors (Lipinski definition) is 3. The van der Waals surface area contributed by atoms with E-state index in [9.17, 15) is 9.59 Å². The maximum Gasteiger partial charge on any atom is 0.303 e. The molecule has 0 unspecified atom stereocenters. The van der Waals surface area contributed by atoms with Crippen LogP contribution in [0.3, 0.4) is 0 Å². The highest BCUT2D eigenvalue weighted by Gasteiger charge is 2.48. The van der Waals surface area contributed by atoms with Crippen LogP contribution in [0.25, 0.3) is 0 Å². The molecule has 0 atom stereocenters. The van der Waals surface area contributed by atoms with Crippen LogP contribution in [0.15, 0.2) is 0 Å². The van der Waals surface area contributed by atoms with Gasteiger partial charge in [0.2, 0.25) is 0 Å². The van der Waals surface area contributed by atoms with Gasteiger partial charge in [-0.3, -0.25) is 9.59 Å². The lowest BCUT2D eigenvalue weighted by molar-refractivity contribution is -0.142. The summed E-state index contributed by atoms with van der Waals surface area (Å²) in [5, 5.41) is 8.59. The van der Waals surface area contributed by atoms with Gasteiger partial charge in [0.25, 0.3) is 14.3 Å². The molecule has 4 nitrogen and oxygen atoms in total. The molecule has 0 heterocycles. The molecule has 0 aliphatic heterocycles. The second kappa shape index (κ2) is 6.92. The molecule has 0 saturated carbocycles. The van der Waals surface area contributed by atoms with E-state index in [1.165, 1.54) is 0 Å². The van der Waals surface area contributed by atoms with Crippen molar-refractivity contribution in [2.75, 3.05) is 0 Å². The molecule has 0 bridgehead atoms. The van der Waals surface area contributed by atoms with Gasteiger partial charge in [0.15, 0.2) is 0 Å². The van der Waals surface area contributed by atoms with Crippen LogP contribution in [0.4, 0.5) is 0 Å². The summed E-state index contributed by atoms with van der Waals surface area (Å²) in [6.07, 6.45) is -0.187. The molecule has 106 valence electrons. The number of aliphatic carboxylic acids is 1. The number of carbonyl (C=O) groups excluding carboxylic acids is 1. The first-order valence-corrected chi connectivity index (χ1v) is 8.72. The summed E-state index contributed by atoms with van der Waals surface area (Å²) in [6.45, 7) is 12.6. The van der Waals surface area contributed by atoms with Gasteiger partial charge in [0, 0.05) is 0 Å². The molecule has 1 N–H and O–H groups in total. The van der Waals surface area contributed by atoms with Crippen LogP contribution in [-0.2, 0) is 14.0 Å². The van der Waals surface area contributed by atoms with Crippen LogP contribution in [-0.4, -0.2) is 25.4 Å². The predicted octanol–water partition coefficient (Wildman–Crippen LogP) is 3.57. The predicted molar refractivity (Wildman–Crippen MR) is 74.0 cm³/mol. The minimum absolute atomic E-state index is 0.0315. The number of carbonyl (C=O) groups is 2. The Bertz CT molecular complexity index is 276. The Hall–Kier alpha value is -0.843. The topological polar surface area (TPSA) is 63.6 Å². The Morgan fingerprint density at radius 1 is 0.944 bits per heavy atom. The molecular formula is C13H26O4Si. The van der Waals surface area contributed by atoms with Gasteiger partial charge in [-0.1, -0.05) is 41.5 Å². The third-order valence-corrected chi connectivity index (χ3v) is 9.54. The number of hydrogen-bond donors (Lipinski definition) is 1. The van der Waals surface area contributed by atoms with E-state index in [0.717, 1.165) is 0 Å². The summed E-state index contributed by atoms with van der Waals surface area (Å²) >= 11 is 0. The second-order valence-electron chi connectivity index (χ2n) is 5.69. The standard InChI is InChI=1S/C13H26O4Si/c1-9(2)18(10(3)4,11(5)6)17-13(16)8-7-12(14)15/h9-11H,7-8H2,1-6H3,(H,14,15). The highest BCUT2D eigenvalue weighted by molar-refractivity contribution is 6.78. The summed E-state index contributed by atoms with van der Waals surface area (Å²) < 4.78 is 5.81. The van der Waals surface area contributed by atoms with Gasteiger partial charge in [0.1, 0.15) is 0 Å². The van der Waals surface area contributed by atoms with Gasteiger partial charge in [0.05, 0.1) is 12.8 Å². The molecule has 0 spiro atoms. The fraction of sp³-hybridized carbons (Fsp3) is 0.846. The molecule has 0 aliphatic rings. The lowest BCUT2D eigenvalue weighted by Crippen LogP contribution is -2.49. The molecule has 18 heavy (non-hydrogen) atoms. The van der Waals surface area contributed by atoms with Crippen molar-refractivity contribution >= 4 is 20.3 Å². The summed E-state index contributed by atoms with van der Waals surface area (Å²) in [7, 11) is -2.21. The molecule has 0 aromatic carbocycles. The Kier molecular flexibility index (Phi) is 6.60. The first-order chi connectivity index (χ1) is 8.14. The average molecular weight is 274 g/mol. The summed E-state index contributed by atoms with van der Waals surface area (Å²) in [4.78, 5) is 22.3. The van der Waals surface area contributed by atoms with E-state index in [-0.39, 0.29) is 18.8 Å². The van der Waals surface area contributed by atoms with Gasteiger partial charge in [-0.2, -0.15) is 0 Å². The van der Waals surface area contributed by atoms with Crippen LogP contribution in [0.1, 0.15) is 54.4 Å². The maximum absolute atomic E-state index is 11.8. The minimum Gasteiger partial charge on any atom is -0.518 e. The molecular weight excluding hydrogens is 248 g/mol. The molecule has 0 rings (SSSR count). The van der Waals surface area contributed by atoms with Gasteiger partial charge >= 0.3 is 5.97 Å². The Balaban J connectivity index is 4.90. The van der Waals surface area contributed by atoms with Crippen molar-refractivity contribution in [1.82, 2.24) is 0 Å². The largest absolute Gasteiger partial charge is 0.518 e. The number of rotatable bonds is 7. The Labute approximate surface area is 111 Å². The molecule has 0 saturated heterocycles. The molecule has 0 amide bonds. The molecule has 0 radical (unpaired) electrons. The van der Waals surface area contributed by atoms with Crippen LogP contribution in [0.2, 0.25) is 16.6 Å². The zero-order valence-corrected chi connectivity index (χ0v) is 13.3. The zero-order chi connectivity index (χ0) is 14.5. The smallest absolute Gasteiger partial charge is 0.303 e. The number of carboxylic acid groups (broad SMARTS) is 1. The van der Waals surface area contributed by atoms with Crippen molar-refractivity contribution in [1.29, 1.82) is 0 Å². The zero-order valence-electron chi connectivity index (χ0n) is 12.3. The highest BCUT2D eigenvalue weighted by atomic mass is 28.4. The fourth-order valence-corrected chi connectivity index (χ4v) is 8.01. The van der Waals surface area contributed by atoms with Crippen molar-refractivity contribution in [2.45, 2.75) is 71.0 Å². The van der Waals surface area contributed by atoms with E-state index in [1.54, 1.807) is 0 Å². The van der Waals surface area contributed by atoms with Crippen molar-refractivity contribution in [3.63, 3.8) is 0 Å². The van der Waals surface area contributed by atoms with Crippen molar-refractivity contribution in [3.8, 4) is 0 Å². The molecule has 0 aromatic heterocycles. The van der Waals surface area contributed by atoms with E-state index in [2.05, 4.69) is 41.5 Å². The van der Waals surface area contributed by atoms with Gasteiger partial charge in [-0.25, -0.2) is 0 Å². The first kappa shape index (κ1) is 17.2. The monoisotopic (exact) mass is 274 g/mol. The van der Waals surface area contributed by atoms with E-state index >= 15 is 0 Å². The summed E-state index contributed by atoms with van der Waals surface area (Å²) in [5.74, 6) is -1.32. The van der Waals surface area contributed by atoms with Crippen LogP contribution < -0.4 is 0 Å². The lowest BCUT2D eigenvalue weighted by Gasteiger charge is -2.41. The number of carboxylic acids is 1. The first-order valence-electron chi connectivity index (χ1n) is 6.58. The molecule has 5 heteroatoms. The lowest BCUT2D eigenvalue weighted by atomic mass is 10.3. The van der Waals surface area contributed by atoms with Gasteiger partial charge in [-0.15, -0.1) is 0 Å². The van der Waals surface area contributed by atoms with Crippen molar-refractivity contribution in [3.05, 3.63) is 0 Å². The van der Waals surface area contributed by atoms with Crippen LogP contribution in [0.5, 0.6) is 0 Å². The van der Waals surface area contributed by atoms with E-state index in [0.29, 0.717) is 16.6 Å². The quantitative estimate of drug-likeness (QED) is 0.721. The Morgan fingerprint density at radius 3 is 1.61 bits per heavy atom. The Morgan fingerprint density at radius 2 is 1.33 bits per heavy atom. The third-order valence-electron chi connectivity index (χ3n) is 3.54. The third kappa shape index (κ3) is 4.12. The average Bonchev–Trinajstić information content (AvgIpc) is 2.21. The minimum atomic E-state index is -2.21. The van der Waals surface area contributed by atoms with Crippen molar-refractivity contribution in [2.24, 2.45) is 0 Å². The van der Waals surface area contributed by atoms with Crippen molar-refractivity contribution < 1.29 is 19.1 Å². The van der Waals surface area contributed by atoms with Crippen LogP contribution in [0, 0.1) is 0 Å². The van der Waals surface area contributed by atoms with Gasteiger partial charge < -0.3 is 9.53 Å². The maximum atomic E-state index is 11.8. The van der Waals surface area contributed by atoms with E-state index in [1.807, 2.05) is 0 Å². The molecule has 0 aliphatic carbocycles. The highest BCUT2D eigenvalue weighted by Crippen LogP contribution is 2.42. The summed E-state index contributed by atoms with van der Waals surface area (Å²) in [5.41, 5.74) is 0.976.